The van der Waals surface area contributed by atoms with Gasteiger partial charge in [-0.15, -0.1) is 22.1 Å². The molecule has 9 heterocycles. The molecular formula is C36H28MnN12+. The van der Waals surface area contributed by atoms with E-state index in [1.54, 1.807) is 18.7 Å². The molecule has 8 bridgehead atoms. The fourth-order valence-corrected chi connectivity index (χ4v) is 6.47. The van der Waals surface area contributed by atoms with Crippen molar-refractivity contribution >= 4 is 46.4 Å². The molecule has 49 heavy (non-hydrogen) atoms. The molecule has 238 valence electrons. The van der Waals surface area contributed by atoms with Gasteiger partial charge in [0, 0.05) is 75.2 Å². The Morgan fingerprint density at radius 3 is 0.857 bits per heavy atom. The quantitative estimate of drug-likeness (QED) is 0.223. The zero-order valence-corrected chi connectivity index (χ0v) is 28.2. The van der Waals surface area contributed by atoms with E-state index >= 15 is 0 Å². The van der Waals surface area contributed by atoms with Crippen LogP contribution in [0.4, 0.5) is 0 Å². The molecule has 7 aromatic heterocycles. The predicted molar refractivity (Wildman–Crippen MR) is 186 cm³/mol. The average molecular weight is 684 g/mol. The topological polar surface area (TPSA) is 125 Å². The van der Waals surface area contributed by atoms with Gasteiger partial charge in [0.05, 0.1) is 47.6 Å². The Morgan fingerprint density at radius 1 is 0.408 bits per heavy atom. The first-order valence-corrected chi connectivity index (χ1v) is 15.4. The zero-order chi connectivity index (χ0) is 32.5. The van der Waals surface area contributed by atoms with Crippen LogP contribution in [0.1, 0.15) is 22.8 Å². The molecule has 0 aromatic carbocycles. The second-order valence-corrected chi connectivity index (χ2v) is 12.0. The van der Waals surface area contributed by atoms with Gasteiger partial charge in [0.15, 0.2) is 0 Å². The van der Waals surface area contributed by atoms with Crippen LogP contribution in [0, 0.1) is 0 Å². The summed E-state index contributed by atoms with van der Waals surface area (Å²) in [6.45, 7) is 0. The molecule has 2 aliphatic rings. The maximum absolute atomic E-state index is 5.23. The maximum atomic E-state index is 5.23. The van der Waals surface area contributed by atoms with E-state index in [1.165, 1.54) is 0 Å². The smallest absolute Gasteiger partial charge is 0.657 e. The fraction of sp³-hybridized carbons (Fsp3) is 0.111. The van der Waals surface area contributed by atoms with E-state index < -0.39 is 0 Å². The molecule has 12 nitrogen and oxygen atoms in total. The molecule has 0 unspecified atom stereocenters. The largest absolute Gasteiger partial charge is 3.00 e. The number of aryl methyl sites for hydroxylation is 4. The molecule has 0 atom stereocenters. The molecule has 0 saturated carbocycles. The van der Waals surface area contributed by atoms with Crippen LogP contribution in [0.15, 0.2) is 73.8 Å². The second kappa shape index (κ2) is 11.6. The van der Waals surface area contributed by atoms with Crippen LogP contribution in [-0.4, -0.2) is 49.1 Å². The van der Waals surface area contributed by atoms with E-state index in [1.807, 2.05) is 126 Å². The summed E-state index contributed by atoms with van der Waals surface area (Å²) in [6, 6.07) is 8.14. The van der Waals surface area contributed by atoms with E-state index in [4.69, 9.17) is 19.9 Å². The SMILES string of the molecule is Cn1cc(-c2c3nc(c(-c4cnn(C)c4)c4ccc([n-]4)c(-c4cnn(C)c4)c4nc(c(-c5cnn(C)c5)c5ccc2[n-]5)C=C4)C=C3)cn1.[Mn+3]. The fourth-order valence-electron chi connectivity index (χ4n) is 6.47. The van der Waals surface area contributed by atoms with Crippen LogP contribution in [0.25, 0.3) is 90.9 Å². The minimum absolute atomic E-state index is 0. The first kappa shape index (κ1) is 30.3. The van der Waals surface area contributed by atoms with Crippen molar-refractivity contribution in [1.29, 1.82) is 0 Å². The van der Waals surface area contributed by atoms with Gasteiger partial charge in [-0.25, -0.2) is 9.97 Å². The molecule has 0 radical (unpaired) electrons. The number of aromatic nitrogens is 12. The summed E-state index contributed by atoms with van der Waals surface area (Å²) in [5, 5.41) is 17.9. The monoisotopic (exact) mass is 683 g/mol. The minimum Gasteiger partial charge on any atom is -0.657 e. The minimum atomic E-state index is 0. The Kier molecular flexibility index (Phi) is 7.16. The summed E-state index contributed by atoms with van der Waals surface area (Å²) < 4.78 is 7.15. The summed E-state index contributed by atoms with van der Waals surface area (Å²) in [7, 11) is 7.63. The third-order valence-corrected chi connectivity index (χ3v) is 8.58. The molecule has 0 aliphatic carbocycles. The van der Waals surface area contributed by atoms with Gasteiger partial charge in [-0.3, -0.25) is 18.7 Å². The number of fused-ring (bicyclic) bond motifs is 8. The molecule has 13 heteroatoms. The summed E-state index contributed by atoms with van der Waals surface area (Å²) in [5.74, 6) is 0. The third-order valence-electron chi connectivity index (χ3n) is 8.58. The number of hydrogen-bond acceptors (Lipinski definition) is 6. The van der Waals surface area contributed by atoms with Crippen LogP contribution in [0.5, 0.6) is 0 Å². The Balaban J connectivity index is 0.00000348. The molecule has 0 saturated heterocycles. The maximum Gasteiger partial charge on any atom is 3.00 e. The molecular weight excluding hydrogens is 655 g/mol. The summed E-state index contributed by atoms with van der Waals surface area (Å²) in [6.07, 6.45) is 23.5. The third kappa shape index (κ3) is 5.16. The summed E-state index contributed by atoms with van der Waals surface area (Å²) in [5.41, 5.74) is 13.4. The first-order valence-electron chi connectivity index (χ1n) is 15.4. The predicted octanol–water partition coefficient (Wildman–Crippen LogP) is 5.51. The standard InChI is InChI=1S/C36H28N12.Mn/c1-45-17-21(13-37-45)33-25-5-7-27(41-25)34(22-14-38-46(2)18-22)29-9-11-31(43-29)36(24-16-40-48(4)20-24)32-12-10-30(44-32)35(23-15-39-47(3)19-23)28-8-6-26(33)42-28;/h5-20H,1-4H3;/q-2;+3. The average Bonchev–Trinajstić information content (AvgIpc) is 3.89. The van der Waals surface area contributed by atoms with Gasteiger partial charge in [0.25, 0.3) is 0 Å². The van der Waals surface area contributed by atoms with E-state index in [0.29, 0.717) is 0 Å². The van der Waals surface area contributed by atoms with Crippen molar-refractivity contribution in [2.24, 2.45) is 28.2 Å². The Bertz CT molecular complexity index is 2280. The van der Waals surface area contributed by atoms with E-state index in [2.05, 4.69) is 20.4 Å². The molecule has 0 spiro atoms. The van der Waals surface area contributed by atoms with Crippen molar-refractivity contribution in [3.8, 4) is 44.5 Å². The Labute approximate surface area is 291 Å². The summed E-state index contributed by atoms with van der Waals surface area (Å²) in [4.78, 5) is 20.9. The van der Waals surface area contributed by atoms with Gasteiger partial charge < -0.3 is 9.97 Å². The van der Waals surface area contributed by atoms with Crippen molar-refractivity contribution in [3.63, 3.8) is 0 Å². The van der Waals surface area contributed by atoms with E-state index in [-0.39, 0.29) is 17.1 Å². The van der Waals surface area contributed by atoms with Crippen LogP contribution >= 0.6 is 0 Å². The van der Waals surface area contributed by atoms with Crippen molar-refractivity contribution in [3.05, 3.63) is 96.6 Å². The summed E-state index contributed by atoms with van der Waals surface area (Å²) >= 11 is 0. The van der Waals surface area contributed by atoms with Crippen LogP contribution < -0.4 is 9.97 Å². The first-order chi connectivity index (χ1) is 23.4. The van der Waals surface area contributed by atoms with Crippen molar-refractivity contribution < 1.29 is 17.1 Å². The van der Waals surface area contributed by atoms with Crippen molar-refractivity contribution in [2.45, 2.75) is 0 Å². The van der Waals surface area contributed by atoms with Gasteiger partial charge in [0.1, 0.15) is 0 Å². The van der Waals surface area contributed by atoms with Gasteiger partial charge in [-0.05, 0) is 46.6 Å². The number of hydrogen-bond donors (Lipinski definition) is 0. The molecule has 0 N–H and O–H groups in total. The molecule has 2 aliphatic heterocycles. The van der Waals surface area contributed by atoms with Crippen molar-refractivity contribution in [1.82, 2.24) is 59.1 Å². The van der Waals surface area contributed by atoms with Crippen LogP contribution in [0.3, 0.4) is 0 Å². The molecule has 9 rings (SSSR count). The Morgan fingerprint density at radius 2 is 0.653 bits per heavy atom. The van der Waals surface area contributed by atoms with Crippen LogP contribution in [-0.2, 0) is 45.3 Å². The molecule has 0 amide bonds. The number of rotatable bonds is 4. The van der Waals surface area contributed by atoms with E-state index in [0.717, 1.165) is 89.4 Å². The zero-order valence-electron chi connectivity index (χ0n) is 27.0. The van der Waals surface area contributed by atoms with Crippen molar-refractivity contribution in [2.75, 3.05) is 0 Å². The van der Waals surface area contributed by atoms with Gasteiger partial charge in [-0.2, -0.15) is 20.4 Å². The van der Waals surface area contributed by atoms with Gasteiger partial charge in [0.2, 0.25) is 0 Å². The molecule has 0 fully saturated rings. The van der Waals surface area contributed by atoms with E-state index in [9.17, 15) is 0 Å². The van der Waals surface area contributed by atoms with Gasteiger partial charge in [-0.1, -0.05) is 24.3 Å². The van der Waals surface area contributed by atoms with Crippen LogP contribution in [0.2, 0.25) is 0 Å². The molecule has 7 aromatic rings. The second-order valence-electron chi connectivity index (χ2n) is 12.0. The Hall–Kier alpha value is -6.04. The normalized spacial score (nSPS) is 12.2. The number of nitrogens with zero attached hydrogens (tertiary/aromatic N) is 12. The van der Waals surface area contributed by atoms with Gasteiger partial charge >= 0.3 is 17.1 Å².